The molecule has 1 aromatic heterocycles. The van der Waals surface area contributed by atoms with Crippen molar-refractivity contribution >= 4 is 29.2 Å². The fraction of sp³-hybridized carbons (Fsp3) is 0.235. The molecule has 142 valence electrons. The third-order valence-corrected chi connectivity index (χ3v) is 4.22. The summed E-state index contributed by atoms with van der Waals surface area (Å²) in [7, 11) is 0. The largest absolute Gasteiger partial charge is 0.433 e. The van der Waals surface area contributed by atoms with Crippen molar-refractivity contribution < 1.29 is 22.8 Å². The van der Waals surface area contributed by atoms with Crippen molar-refractivity contribution in [1.29, 1.82) is 0 Å². The molecule has 1 saturated heterocycles. The van der Waals surface area contributed by atoms with Crippen LogP contribution in [-0.2, 0) is 12.7 Å². The van der Waals surface area contributed by atoms with E-state index >= 15 is 0 Å². The Bertz CT molecular complexity index is 889. The monoisotopic (exact) mass is 398 g/mol. The van der Waals surface area contributed by atoms with Gasteiger partial charge in [-0.05, 0) is 30.3 Å². The standard InChI is InChI=1S/C17H14ClF3N4O2/c18-13-5-4-11(25-7-6-22-16(25)27)8-12(13)15(26)23-9-10-2-1-3-14(24-10)17(19,20)21/h1-5,8H,6-7,9H2,(H,22,27)(H,23,26). The molecular weight excluding hydrogens is 385 g/mol. The van der Waals surface area contributed by atoms with Crippen molar-refractivity contribution in [1.82, 2.24) is 15.6 Å². The van der Waals surface area contributed by atoms with E-state index in [0.29, 0.717) is 18.8 Å². The highest BCUT2D eigenvalue weighted by Crippen LogP contribution is 2.27. The maximum atomic E-state index is 12.7. The Hall–Kier alpha value is -2.81. The minimum atomic E-state index is -4.56. The van der Waals surface area contributed by atoms with Gasteiger partial charge in [0.1, 0.15) is 5.69 Å². The fourth-order valence-corrected chi connectivity index (χ4v) is 2.78. The third-order valence-electron chi connectivity index (χ3n) is 3.89. The minimum Gasteiger partial charge on any atom is -0.346 e. The molecule has 0 bridgehead atoms. The van der Waals surface area contributed by atoms with E-state index in [9.17, 15) is 22.8 Å². The Balaban J connectivity index is 1.74. The van der Waals surface area contributed by atoms with Gasteiger partial charge in [-0.2, -0.15) is 13.2 Å². The summed E-state index contributed by atoms with van der Waals surface area (Å²) in [6.07, 6.45) is -4.56. The van der Waals surface area contributed by atoms with Gasteiger partial charge in [0.25, 0.3) is 5.91 Å². The molecule has 0 radical (unpaired) electrons. The Kier molecular flexibility index (Phi) is 5.22. The first kappa shape index (κ1) is 19.0. The van der Waals surface area contributed by atoms with Gasteiger partial charge in [-0.3, -0.25) is 9.69 Å². The fourth-order valence-electron chi connectivity index (χ4n) is 2.58. The Morgan fingerprint density at radius 3 is 2.74 bits per heavy atom. The second-order valence-corrected chi connectivity index (χ2v) is 6.15. The molecule has 2 heterocycles. The van der Waals surface area contributed by atoms with E-state index in [1.807, 2.05) is 0 Å². The molecule has 0 atom stereocenters. The molecule has 2 N–H and O–H groups in total. The molecule has 3 rings (SSSR count). The van der Waals surface area contributed by atoms with Crippen molar-refractivity contribution in [3.63, 3.8) is 0 Å². The molecule has 1 aliphatic rings. The molecule has 6 nitrogen and oxygen atoms in total. The van der Waals surface area contributed by atoms with Crippen LogP contribution in [0.25, 0.3) is 0 Å². The lowest BCUT2D eigenvalue weighted by molar-refractivity contribution is -0.141. The Morgan fingerprint density at radius 2 is 2.07 bits per heavy atom. The van der Waals surface area contributed by atoms with Crippen LogP contribution >= 0.6 is 11.6 Å². The molecule has 27 heavy (non-hydrogen) atoms. The highest BCUT2D eigenvalue weighted by Gasteiger charge is 2.32. The zero-order chi connectivity index (χ0) is 19.6. The van der Waals surface area contributed by atoms with Crippen molar-refractivity contribution in [2.45, 2.75) is 12.7 Å². The predicted octanol–water partition coefficient (Wildman–Crippen LogP) is 3.21. The Morgan fingerprint density at radius 1 is 1.30 bits per heavy atom. The van der Waals surface area contributed by atoms with E-state index in [1.165, 1.54) is 29.2 Å². The number of hydrogen-bond acceptors (Lipinski definition) is 3. The predicted molar refractivity (Wildman–Crippen MR) is 92.6 cm³/mol. The number of nitrogens with zero attached hydrogens (tertiary/aromatic N) is 2. The number of nitrogens with one attached hydrogen (secondary N) is 2. The van der Waals surface area contributed by atoms with Gasteiger partial charge >= 0.3 is 12.2 Å². The quantitative estimate of drug-likeness (QED) is 0.830. The van der Waals surface area contributed by atoms with Gasteiger partial charge < -0.3 is 10.6 Å². The molecule has 10 heteroatoms. The van der Waals surface area contributed by atoms with Crippen molar-refractivity contribution in [3.05, 3.63) is 58.4 Å². The molecule has 0 aliphatic carbocycles. The van der Waals surface area contributed by atoms with Gasteiger partial charge in [-0.1, -0.05) is 17.7 Å². The van der Waals surface area contributed by atoms with Gasteiger partial charge in [0.15, 0.2) is 0 Å². The number of carbonyl (C=O) groups is 2. The average molecular weight is 399 g/mol. The van der Waals surface area contributed by atoms with Crippen LogP contribution in [0.15, 0.2) is 36.4 Å². The van der Waals surface area contributed by atoms with Gasteiger partial charge in [0, 0.05) is 18.8 Å². The zero-order valence-corrected chi connectivity index (χ0v) is 14.6. The molecule has 1 aliphatic heterocycles. The summed E-state index contributed by atoms with van der Waals surface area (Å²) in [5, 5.41) is 5.30. The second-order valence-electron chi connectivity index (χ2n) is 5.74. The van der Waals surface area contributed by atoms with Gasteiger partial charge in [0.05, 0.1) is 22.8 Å². The van der Waals surface area contributed by atoms with Crippen LogP contribution < -0.4 is 15.5 Å². The second kappa shape index (κ2) is 7.43. The summed E-state index contributed by atoms with van der Waals surface area (Å²) in [5.41, 5.74) is -0.365. The van der Waals surface area contributed by atoms with Gasteiger partial charge in [-0.25, -0.2) is 9.78 Å². The van der Waals surface area contributed by atoms with E-state index in [-0.39, 0.29) is 28.9 Å². The van der Waals surface area contributed by atoms with Crippen LogP contribution in [0.5, 0.6) is 0 Å². The van der Waals surface area contributed by atoms with E-state index in [1.54, 1.807) is 6.07 Å². The number of benzene rings is 1. The number of hydrogen-bond donors (Lipinski definition) is 2. The first-order chi connectivity index (χ1) is 12.8. The number of rotatable bonds is 4. The summed E-state index contributed by atoms with van der Waals surface area (Å²) < 4.78 is 38.1. The normalized spacial score (nSPS) is 14.2. The zero-order valence-electron chi connectivity index (χ0n) is 13.8. The first-order valence-electron chi connectivity index (χ1n) is 7.92. The molecule has 0 unspecified atom stereocenters. The van der Waals surface area contributed by atoms with Gasteiger partial charge in [-0.15, -0.1) is 0 Å². The maximum absolute atomic E-state index is 12.7. The summed E-state index contributed by atoms with van der Waals surface area (Å²) in [6, 6.07) is 7.73. The van der Waals surface area contributed by atoms with Crippen molar-refractivity contribution in [2.24, 2.45) is 0 Å². The summed E-state index contributed by atoms with van der Waals surface area (Å²) >= 11 is 6.06. The molecule has 0 saturated carbocycles. The topological polar surface area (TPSA) is 74.3 Å². The third kappa shape index (κ3) is 4.30. The lowest BCUT2D eigenvalue weighted by atomic mass is 10.1. The van der Waals surface area contributed by atoms with Crippen LogP contribution in [0, 0.1) is 0 Å². The number of alkyl halides is 3. The number of amides is 3. The highest BCUT2D eigenvalue weighted by atomic mass is 35.5. The minimum absolute atomic E-state index is 0.0596. The van der Waals surface area contributed by atoms with Crippen molar-refractivity contribution in [3.8, 4) is 0 Å². The lowest BCUT2D eigenvalue weighted by Gasteiger charge is -2.16. The van der Waals surface area contributed by atoms with Crippen LogP contribution in [-0.4, -0.2) is 30.0 Å². The number of pyridine rings is 1. The molecule has 1 aromatic carbocycles. The van der Waals surface area contributed by atoms with Crippen molar-refractivity contribution in [2.75, 3.05) is 18.0 Å². The van der Waals surface area contributed by atoms with Crippen LogP contribution in [0.1, 0.15) is 21.7 Å². The molecular formula is C17H14ClF3N4O2. The highest BCUT2D eigenvalue weighted by molar-refractivity contribution is 6.34. The average Bonchev–Trinajstić information content (AvgIpc) is 3.05. The molecule has 3 amide bonds. The summed E-state index contributed by atoms with van der Waals surface area (Å²) in [5.74, 6) is -0.583. The van der Waals surface area contributed by atoms with E-state index in [4.69, 9.17) is 11.6 Å². The number of carbonyl (C=O) groups excluding carboxylic acids is 2. The number of anilines is 1. The SMILES string of the molecule is O=C(NCc1cccc(C(F)(F)F)n1)c1cc(N2CCNC2=O)ccc1Cl. The van der Waals surface area contributed by atoms with E-state index in [0.717, 1.165) is 6.07 Å². The maximum Gasteiger partial charge on any atom is 0.433 e. The smallest absolute Gasteiger partial charge is 0.346 e. The summed E-state index contributed by atoms with van der Waals surface area (Å²) in [6.45, 7) is 0.743. The molecule has 2 aromatic rings. The van der Waals surface area contributed by atoms with Crippen LogP contribution in [0.4, 0.5) is 23.7 Å². The number of urea groups is 1. The molecule has 0 spiro atoms. The number of aromatic nitrogens is 1. The Labute approximate surface area is 157 Å². The van der Waals surface area contributed by atoms with Gasteiger partial charge in [0.2, 0.25) is 0 Å². The van der Waals surface area contributed by atoms with E-state index < -0.39 is 17.8 Å². The summed E-state index contributed by atoms with van der Waals surface area (Å²) in [4.78, 5) is 29.1. The van der Waals surface area contributed by atoms with Crippen LogP contribution in [0.2, 0.25) is 5.02 Å². The number of halogens is 4. The van der Waals surface area contributed by atoms with E-state index in [2.05, 4.69) is 15.6 Å². The van der Waals surface area contributed by atoms with Crippen LogP contribution in [0.3, 0.4) is 0 Å². The lowest BCUT2D eigenvalue weighted by Crippen LogP contribution is -2.28. The first-order valence-corrected chi connectivity index (χ1v) is 8.30. The molecule has 1 fully saturated rings.